The standard InChI is InChI=1S/C46H53N9O6/c1-6-34(52-44(58)60-4)42(56)54-24-27(21-47)17-37(54)40-48-23-36(51-40)33-14-13-31-18-30(11-12-32(31)19-33)28-7-9-29(10-8-28)35-22-49-41(50-35)38-20-46(15-16-46)25-55(38)43(57)39(26(2)3)53-45(59)61-5/h7-14,18-19,22-23,26-27,34,37-39,43,57H,6,15-17,20,24-25H2,1-5H3,(H,48,51)(H,49,50)(H,52,58)(H,53,59)/t27-,34+,37+,38+,39+,43?/m1/s1. The summed E-state index contributed by atoms with van der Waals surface area (Å²) in [7, 11) is 2.58. The van der Waals surface area contributed by atoms with E-state index in [0.717, 1.165) is 76.0 Å². The third kappa shape index (κ3) is 8.42. The Balaban J connectivity index is 0.959. The summed E-state index contributed by atoms with van der Waals surface area (Å²) in [5.74, 6) is 0.760. The van der Waals surface area contributed by atoms with Crippen LogP contribution in [0.2, 0.25) is 0 Å². The molecule has 5 N–H and O–H groups in total. The molecule has 15 nitrogen and oxygen atoms in total. The van der Waals surface area contributed by atoms with Gasteiger partial charge in [0.25, 0.3) is 0 Å². The number of aliphatic hydroxyl groups excluding tert-OH is 1. The number of likely N-dealkylation sites (tertiary alicyclic amines) is 2. The second kappa shape index (κ2) is 17.0. The minimum atomic E-state index is -0.895. The number of nitrogens with one attached hydrogen (secondary N) is 4. The van der Waals surface area contributed by atoms with Crippen LogP contribution in [0.25, 0.3) is 44.4 Å². The molecular formula is C46H53N9O6. The number of amides is 3. The number of H-pyrrole nitrogens is 2. The maximum absolute atomic E-state index is 13.5. The zero-order valence-corrected chi connectivity index (χ0v) is 35.1. The van der Waals surface area contributed by atoms with Crippen molar-refractivity contribution in [3.63, 3.8) is 0 Å². The molecule has 1 spiro atoms. The Hall–Kier alpha value is -6.24. The van der Waals surface area contributed by atoms with Gasteiger partial charge in [-0.3, -0.25) is 9.69 Å². The highest BCUT2D eigenvalue weighted by molar-refractivity contribution is 5.91. The van der Waals surface area contributed by atoms with Crippen LogP contribution in [0.1, 0.15) is 76.6 Å². The van der Waals surface area contributed by atoms with E-state index < -0.39 is 36.5 Å². The van der Waals surface area contributed by atoms with Crippen LogP contribution < -0.4 is 10.6 Å². The normalized spacial score (nSPS) is 21.0. The van der Waals surface area contributed by atoms with Gasteiger partial charge in [0, 0.05) is 18.7 Å². The van der Waals surface area contributed by atoms with E-state index >= 15 is 0 Å². The number of hydrogen-bond acceptors (Lipinski definition) is 10. The molecule has 6 atom stereocenters. The molecule has 5 aromatic rings. The van der Waals surface area contributed by atoms with Crippen LogP contribution in [-0.2, 0) is 14.3 Å². The first-order chi connectivity index (χ1) is 29.4. The van der Waals surface area contributed by atoms with Gasteiger partial charge in [0.15, 0.2) is 0 Å². The van der Waals surface area contributed by atoms with E-state index in [1.165, 1.54) is 14.2 Å². The molecule has 1 saturated carbocycles. The van der Waals surface area contributed by atoms with Crippen LogP contribution in [-0.4, -0.2) is 98.6 Å². The van der Waals surface area contributed by atoms with Crippen molar-refractivity contribution in [2.45, 2.75) is 83.3 Å². The molecule has 2 aromatic heterocycles. The molecule has 2 saturated heterocycles. The molecular weight excluding hydrogens is 775 g/mol. The second-order valence-electron chi connectivity index (χ2n) is 17.1. The molecule has 1 aliphatic carbocycles. The largest absolute Gasteiger partial charge is 0.453 e. The quantitative estimate of drug-likeness (QED) is 0.0867. The summed E-state index contributed by atoms with van der Waals surface area (Å²) >= 11 is 0. The van der Waals surface area contributed by atoms with Crippen LogP contribution in [0.4, 0.5) is 9.59 Å². The van der Waals surface area contributed by atoms with Gasteiger partial charge in [-0.25, -0.2) is 19.6 Å². The lowest BCUT2D eigenvalue weighted by Crippen LogP contribution is -2.54. The SMILES string of the molecule is CC[C@H](NC(=O)OC)C(=O)N1C[C@@H](C#N)C[C@H]1c1ncc(-c2ccc3cc(-c4ccc(-c5cnc([C@@H]6CC7(CC7)CN6C(O)[C@@H](NC(=O)OC)C(C)C)[nH]5)cc4)ccc3c2)[nH]1. The topological polar surface area (TPSA) is 202 Å². The fourth-order valence-corrected chi connectivity index (χ4v) is 9.06. The molecule has 3 aromatic carbocycles. The molecule has 2 aliphatic heterocycles. The van der Waals surface area contributed by atoms with Gasteiger partial charge in [0.2, 0.25) is 5.91 Å². The number of nitriles is 1. The number of carbonyl (C=O) groups is 3. The molecule has 8 rings (SSSR count). The van der Waals surface area contributed by atoms with Crippen molar-refractivity contribution in [1.82, 2.24) is 40.4 Å². The fraction of sp³-hybridized carbons (Fsp3) is 0.435. The van der Waals surface area contributed by atoms with Gasteiger partial charge in [-0.15, -0.1) is 0 Å². The van der Waals surface area contributed by atoms with E-state index in [4.69, 9.17) is 14.5 Å². The number of ether oxygens (including phenoxy) is 2. The van der Waals surface area contributed by atoms with Gasteiger partial charge < -0.3 is 40.1 Å². The number of methoxy groups -OCH3 is 2. The number of carbonyl (C=O) groups excluding carboxylic acids is 3. The van der Waals surface area contributed by atoms with E-state index in [9.17, 15) is 24.8 Å². The fourth-order valence-electron chi connectivity index (χ4n) is 9.06. The highest BCUT2D eigenvalue weighted by Gasteiger charge is 2.55. The van der Waals surface area contributed by atoms with Crippen LogP contribution in [0.3, 0.4) is 0 Å². The first-order valence-corrected chi connectivity index (χ1v) is 21.0. The van der Waals surface area contributed by atoms with Gasteiger partial charge >= 0.3 is 12.2 Å². The lowest BCUT2D eigenvalue weighted by Gasteiger charge is -2.36. The smallest absolute Gasteiger partial charge is 0.407 e. The summed E-state index contributed by atoms with van der Waals surface area (Å²) in [6.07, 6.45) is 5.43. The predicted molar refractivity (Wildman–Crippen MR) is 228 cm³/mol. The highest BCUT2D eigenvalue weighted by atomic mass is 16.5. The summed E-state index contributed by atoms with van der Waals surface area (Å²) in [6, 6.07) is 21.5. The van der Waals surface area contributed by atoms with Crippen LogP contribution in [0, 0.1) is 28.6 Å². The third-order valence-electron chi connectivity index (χ3n) is 12.8. The molecule has 1 unspecified atom stereocenters. The number of rotatable bonds is 12. The Morgan fingerprint density at radius 3 is 2.05 bits per heavy atom. The molecule has 318 valence electrons. The zero-order chi connectivity index (χ0) is 43.0. The van der Waals surface area contributed by atoms with E-state index in [2.05, 4.69) is 91.2 Å². The van der Waals surface area contributed by atoms with Gasteiger partial charge in [0.1, 0.15) is 23.9 Å². The van der Waals surface area contributed by atoms with E-state index in [-0.39, 0.29) is 35.7 Å². The molecule has 15 heteroatoms. The average molecular weight is 828 g/mol. The van der Waals surface area contributed by atoms with E-state index in [1.54, 1.807) is 11.1 Å². The van der Waals surface area contributed by atoms with Gasteiger partial charge in [-0.2, -0.15) is 5.26 Å². The molecule has 4 heterocycles. The van der Waals surface area contributed by atoms with E-state index in [0.29, 0.717) is 18.7 Å². The van der Waals surface area contributed by atoms with Crippen LogP contribution in [0.5, 0.6) is 0 Å². The van der Waals surface area contributed by atoms with E-state index in [1.807, 2.05) is 33.0 Å². The van der Waals surface area contributed by atoms with Gasteiger partial charge in [0.05, 0.1) is 68.1 Å². The number of aliphatic hydroxyl groups is 1. The number of aromatic nitrogens is 4. The first kappa shape index (κ1) is 41.5. The number of alkyl carbamates (subject to hydrolysis) is 2. The predicted octanol–water partition coefficient (Wildman–Crippen LogP) is 7.06. The lowest BCUT2D eigenvalue weighted by atomic mass is 9.98. The number of fused-ring (bicyclic) bond motifs is 1. The maximum Gasteiger partial charge on any atom is 0.407 e. The molecule has 3 aliphatic rings. The number of imidazole rings is 2. The Labute approximate surface area is 354 Å². The summed E-state index contributed by atoms with van der Waals surface area (Å²) in [6.45, 7) is 6.77. The molecule has 0 bridgehead atoms. The third-order valence-corrected chi connectivity index (χ3v) is 12.8. The second-order valence-corrected chi connectivity index (χ2v) is 17.1. The number of hydrogen-bond donors (Lipinski definition) is 5. The first-order valence-electron chi connectivity index (χ1n) is 21.0. The Bertz CT molecular complexity index is 2450. The number of benzene rings is 3. The van der Waals surface area contributed by atoms with Gasteiger partial charge in [-0.1, -0.05) is 69.3 Å². The highest BCUT2D eigenvalue weighted by Crippen LogP contribution is 2.59. The van der Waals surface area contributed by atoms with Crippen molar-refractivity contribution in [2.24, 2.45) is 17.3 Å². The lowest BCUT2D eigenvalue weighted by molar-refractivity contribution is -0.134. The monoisotopic (exact) mass is 827 g/mol. The zero-order valence-electron chi connectivity index (χ0n) is 35.1. The van der Waals surface area contributed by atoms with Crippen molar-refractivity contribution in [3.8, 4) is 39.7 Å². The Morgan fingerprint density at radius 2 is 1.44 bits per heavy atom. The maximum atomic E-state index is 13.5. The molecule has 0 radical (unpaired) electrons. The van der Waals surface area contributed by atoms with Crippen molar-refractivity contribution >= 4 is 28.9 Å². The summed E-state index contributed by atoms with van der Waals surface area (Å²) in [4.78, 5) is 57.8. The Kier molecular flexibility index (Phi) is 11.6. The average Bonchev–Trinajstić information content (AvgIpc) is 3.78. The van der Waals surface area contributed by atoms with Crippen molar-refractivity contribution in [2.75, 3.05) is 27.3 Å². The number of nitrogens with zero attached hydrogens (tertiary/aromatic N) is 5. The Morgan fingerprint density at radius 1 is 0.869 bits per heavy atom. The minimum Gasteiger partial charge on any atom is -0.453 e. The van der Waals surface area contributed by atoms with Gasteiger partial charge in [-0.05, 0) is 83.0 Å². The summed E-state index contributed by atoms with van der Waals surface area (Å²) in [5.41, 5.74) is 5.96. The van der Waals surface area contributed by atoms with Crippen molar-refractivity contribution in [3.05, 3.63) is 84.7 Å². The summed E-state index contributed by atoms with van der Waals surface area (Å²) in [5, 5.41) is 28.9. The minimum absolute atomic E-state index is 0.0121. The summed E-state index contributed by atoms with van der Waals surface area (Å²) < 4.78 is 9.57. The van der Waals surface area contributed by atoms with Crippen molar-refractivity contribution in [1.29, 1.82) is 5.26 Å². The number of aromatic amines is 2. The van der Waals surface area contributed by atoms with Crippen LogP contribution >= 0.6 is 0 Å². The van der Waals surface area contributed by atoms with Crippen molar-refractivity contribution < 1.29 is 29.0 Å². The molecule has 3 amide bonds. The van der Waals surface area contributed by atoms with Crippen LogP contribution in [0.15, 0.2) is 73.1 Å². The molecule has 61 heavy (non-hydrogen) atoms. The molecule has 3 fully saturated rings.